The minimum atomic E-state index is -0.0862. The van der Waals surface area contributed by atoms with Crippen LogP contribution in [0.4, 0.5) is 0 Å². The van der Waals surface area contributed by atoms with Crippen molar-refractivity contribution in [3.63, 3.8) is 0 Å². The maximum absolute atomic E-state index is 10.2. The molecule has 0 N–H and O–H groups in total. The van der Waals surface area contributed by atoms with Gasteiger partial charge in [0.25, 0.3) is 0 Å². The summed E-state index contributed by atoms with van der Waals surface area (Å²) < 4.78 is 0. The molecule has 38 valence electrons. The van der Waals surface area contributed by atoms with Gasteiger partial charge in [-0.3, -0.25) is 4.79 Å². The second-order valence-electron chi connectivity index (χ2n) is 0.899. The third-order valence-electron chi connectivity index (χ3n) is 0.428. The summed E-state index contributed by atoms with van der Waals surface area (Å²) in [4.78, 5) is 11.7. The molecule has 0 saturated heterocycles. The summed E-state index contributed by atoms with van der Waals surface area (Å²) in [7, 11) is 0. The van der Waals surface area contributed by atoms with Crippen LogP contribution in [0.2, 0.25) is 0 Å². The molecule has 0 aromatic rings. The van der Waals surface area contributed by atoms with Gasteiger partial charge in [-0.15, -0.1) is 0 Å². The van der Waals surface area contributed by atoms with Crippen molar-refractivity contribution in [3.05, 3.63) is 23.7 Å². The molecule has 0 aromatic heterocycles. The first-order chi connectivity index (χ1) is 3.31. The molecule has 0 radical (unpaired) electrons. The lowest BCUT2D eigenvalue weighted by Crippen LogP contribution is -1.79. The molecular weight excluding hydrogens is 156 g/mol. The van der Waals surface area contributed by atoms with Crippen LogP contribution in [0.5, 0.6) is 0 Å². The second kappa shape index (κ2) is 3.81. The molecule has 0 amide bonds. The molecular formula is C5H5BrO. The molecule has 0 fully saturated rings. The van der Waals surface area contributed by atoms with E-state index >= 15 is 0 Å². The maximum atomic E-state index is 10.2. The van der Waals surface area contributed by atoms with E-state index in [9.17, 15) is 4.79 Å². The molecule has 0 heterocycles. The number of carbonyl (C=O) groups is 1. The Morgan fingerprint density at radius 2 is 2.29 bits per heavy atom. The Labute approximate surface area is 50.8 Å². The fourth-order valence-corrected chi connectivity index (χ4v) is 0.391. The van der Waals surface area contributed by atoms with Crippen LogP contribution in [0, 0.1) is 0 Å². The number of ketones is 1. The Morgan fingerprint density at radius 1 is 1.71 bits per heavy atom. The van der Waals surface area contributed by atoms with E-state index in [2.05, 4.69) is 22.5 Å². The summed E-state index contributed by atoms with van der Waals surface area (Å²) in [6.07, 6.45) is 2.63. The van der Waals surface area contributed by atoms with Gasteiger partial charge in [0, 0.05) is 0 Å². The van der Waals surface area contributed by atoms with Crippen LogP contribution in [0.1, 0.15) is 0 Å². The normalized spacial score (nSPS) is 9.29. The van der Waals surface area contributed by atoms with Gasteiger partial charge in [0.15, 0.2) is 5.78 Å². The summed E-state index contributed by atoms with van der Waals surface area (Å²) in [6.45, 7) is 3.26. The van der Waals surface area contributed by atoms with Crippen molar-refractivity contribution in [1.82, 2.24) is 0 Å². The number of halogens is 1. The minimum absolute atomic E-state index is 0.0862. The van der Waals surface area contributed by atoms with Crippen LogP contribution in [-0.4, -0.2) is 5.78 Å². The lowest BCUT2D eigenvalue weighted by atomic mass is 10.4. The Kier molecular flexibility index (Phi) is 3.61. The van der Waals surface area contributed by atoms with E-state index in [-0.39, 0.29) is 5.78 Å². The summed E-state index contributed by atoms with van der Waals surface area (Å²) in [5.74, 6) is -0.0862. The predicted molar refractivity (Wildman–Crippen MR) is 33.3 cm³/mol. The molecule has 0 saturated carbocycles. The topological polar surface area (TPSA) is 17.1 Å². The number of rotatable bonds is 2. The standard InChI is InChI=1S/C5H5BrO/c1-2-5(7)3-4-6/h2-4H,1H2/b4-3+. The van der Waals surface area contributed by atoms with Gasteiger partial charge in [-0.2, -0.15) is 0 Å². The Morgan fingerprint density at radius 3 is 2.43 bits per heavy atom. The average Bonchev–Trinajstić information content (AvgIpc) is 1.68. The maximum Gasteiger partial charge on any atom is 0.178 e. The first kappa shape index (κ1) is 6.63. The lowest BCUT2D eigenvalue weighted by Gasteiger charge is -1.71. The largest absolute Gasteiger partial charge is 0.290 e. The Hall–Kier alpha value is -0.370. The molecule has 0 bridgehead atoms. The molecule has 0 rings (SSSR count). The fraction of sp³-hybridized carbons (Fsp3) is 0. The van der Waals surface area contributed by atoms with Crippen molar-refractivity contribution in [1.29, 1.82) is 0 Å². The van der Waals surface area contributed by atoms with Crippen molar-refractivity contribution in [2.24, 2.45) is 0 Å². The molecule has 0 aliphatic carbocycles. The molecule has 0 aliphatic heterocycles. The highest BCUT2D eigenvalue weighted by Gasteiger charge is 1.79. The van der Waals surface area contributed by atoms with Crippen LogP contribution in [-0.2, 0) is 4.79 Å². The van der Waals surface area contributed by atoms with Crippen molar-refractivity contribution in [2.45, 2.75) is 0 Å². The SMILES string of the molecule is C=CC(=O)/C=C/Br. The third-order valence-corrected chi connectivity index (χ3v) is 0.693. The molecule has 0 spiro atoms. The quantitative estimate of drug-likeness (QED) is 0.562. The highest BCUT2D eigenvalue weighted by molar-refractivity contribution is 9.11. The van der Waals surface area contributed by atoms with Gasteiger partial charge < -0.3 is 0 Å². The van der Waals surface area contributed by atoms with E-state index in [0.717, 1.165) is 0 Å². The van der Waals surface area contributed by atoms with Gasteiger partial charge in [-0.25, -0.2) is 0 Å². The Balaban J connectivity index is 3.58. The summed E-state index contributed by atoms with van der Waals surface area (Å²) in [5, 5.41) is 0. The third kappa shape index (κ3) is 3.46. The predicted octanol–water partition coefficient (Wildman–Crippen LogP) is 1.65. The molecule has 1 nitrogen and oxygen atoms in total. The molecule has 2 heteroatoms. The summed E-state index contributed by atoms with van der Waals surface area (Å²) in [5.41, 5.74) is 0. The summed E-state index contributed by atoms with van der Waals surface area (Å²) in [6, 6.07) is 0. The van der Waals surface area contributed by atoms with Crippen LogP contribution < -0.4 is 0 Å². The second-order valence-corrected chi connectivity index (χ2v) is 1.43. The molecule has 0 unspecified atom stereocenters. The molecule has 0 aromatic carbocycles. The van der Waals surface area contributed by atoms with E-state index < -0.39 is 0 Å². The first-order valence-corrected chi connectivity index (χ1v) is 2.66. The van der Waals surface area contributed by atoms with E-state index in [1.54, 1.807) is 0 Å². The van der Waals surface area contributed by atoms with Crippen LogP contribution in [0.15, 0.2) is 23.7 Å². The minimum Gasteiger partial charge on any atom is -0.290 e. The van der Waals surface area contributed by atoms with Crippen molar-refractivity contribution >= 4 is 21.7 Å². The van der Waals surface area contributed by atoms with Crippen molar-refractivity contribution < 1.29 is 4.79 Å². The monoisotopic (exact) mass is 160 g/mol. The first-order valence-electron chi connectivity index (χ1n) is 1.74. The van der Waals surface area contributed by atoms with Gasteiger partial charge in [-0.05, 0) is 17.1 Å². The van der Waals surface area contributed by atoms with Gasteiger partial charge >= 0.3 is 0 Å². The molecule has 7 heavy (non-hydrogen) atoms. The average molecular weight is 161 g/mol. The number of allylic oxidation sites excluding steroid dienone is 2. The van der Waals surface area contributed by atoms with Crippen molar-refractivity contribution in [2.75, 3.05) is 0 Å². The highest BCUT2D eigenvalue weighted by atomic mass is 79.9. The molecule has 0 aliphatic rings. The molecule has 0 atom stereocenters. The number of hydrogen-bond donors (Lipinski definition) is 0. The van der Waals surface area contributed by atoms with Crippen LogP contribution >= 0.6 is 15.9 Å². The zero-order valence-corrected chi connectivity index (χ0v) is 5.31. The zero-order chi connectivity index (χ0) is 5.70. The van der Waals surface area contributed by atoms with Crippen molar-refractivity contribution in [3.8, 4) is 0 Å². The van der Waals surface area contributed by atoms with E-state index in [1.807, 2.05) is 0 Å². The lowest BCUT2D eigenvalue weighted by molar-refractivity contribution is -0.110. The van der Waals surface area contributed by atoms with Crippen LogP contribution in [0.25, 0.3) is 0 Å². The summed E-state index contributed by atoms with van der Waals surface area (Å²) >= 11 is 2.94. The smallest absolute Gasteiger partial charge is 0.178 e. The van der Waals surface area contributed by atoms with E-state index in [1.165, 1.54) is 17.1 Å². The van der Waals surface area contributed by atoms with Gasteiger partial charge in [0.2, 0.25) is 0 Å². The van der Waals surface area contributed by atoms with Crippen LogP contribution in [0.3, 0.4) is 0 Å². The van der Waals surface area contributed by atoms with E-state index in [4.69, 9.17) is 0 Å². The highest BCUT2D eigenvalue weighted by Crippen LogP contribution is 1.83. The number of carbonyl (C=O) groups excluding carboxylic acids is 1. The fourth-order valence-electron chi connectivity index (χ4n) is 0.130. The van der Waals surface area contributed by atoms with Gasteiger partial charge in [-0.1, -0.05) is 22.5 Å². The Bertz CT molecular complexity index is 105. The van der Waals surface area contributed by atoms with Gasteiger partial charge in [0.1, 0.15) is 0 Å². The number of hydrogen-bond acceptors (Lipinski definition) is 1. The van der Waals surface area contributed by atoms with E-state index in [0.29, 0.717) is 0 Å². The zero-order valence-electron chi connectivity index (χ0n) is 3.73. The van der Waals surface area contributed by atoms with Gasteiger partial charge in [0.05, 0.1) is 0 Å².